The number of nitro groups is 1. The molecule has 0 saturated heterocycles. The molecule has 0 radical (unpaired) electrons. The van der Waals surface area contributed by atoms with Gasteiger partial charge in [-0.25, -0.2) is 0 Å². The number of aromatic nitrogens is 2. The molecule has 7 heteroatoms. The third-order valence-corrected chi connectivity index (χ3v) is 3.54. The van der Waals surface area contributed by atoms with Gasteiger partial charge in [0.05, 0.1) is 16.8 Å². The minimum Gasteiger partial charge on any atom is -0.380 e. The summed E-state index contributed by atoms with van der Waals surface area (Å²) in [5.74, 6) is 0. The SMILES string of the molecule is Cc1cc(Br)c(NCc2cn[nH]c2C)cc1[N+](=O)[O-]. The maximum absolute atomic E-state index is 10.9. The van der Waals surface area contributed by atoms with E-state index in [2.05, 4.69) is 31.4 Å². The van der Waals surface area contributed by atoms with Crippen LogP contribution in [0.4, 0.5) is 11.4 Å². The number of benzene rings is 1. The summed E-state index contributed by atoms with van der Waals surface area (Å²) in [6.45, 7) is 4.20. The molecule has 100 valence electrons. The number of nitrogens with zero attached hydrogens (tertiary/aromatic N) is 2. The Kier molecular flexibility index (Phi) is 3.84. The predicted molar refractivity (Wildman–Crippen MR) is 76.2 cm³/mol. The van der Waals surface area contributed by atoms with Crippen molar-refractivity contribution < 1.29 is 4.92 Å². The lowest BCUT2D eigenvalue weighted by Crippen LogP contribution is -2.02. The molecule has 6 nitrogen and oxygen atoms in total. The molecule has 0 saturated carbocycles. The monoisotopic (exact) mass is 324 g/mol. The van der Waals surface area contributed by atoms with E-state index < -0.39 is 0 Å². The fourth-order valence-electron chi connectivity index (χ4n) is 1.74. The molecular formula is C12H13BrN4O2. The minimum atomic E-state index is -0.379. The topological polar surface area (TPSA) is 83.8 Å². The summed E-state index contributed by atoms with van der Waals surface area (Å²) in [5, 5.41) is 20.9. The van der Waals surface area contributed by atoms with E-state index >= 15 is 0 Å². The molecule has 0 bridgehead atoms. The standard InChI is InChI=1S/C12H13BrN4O2/c1-7-3-10(13)11(4-12(7)17(18)19)14-5-9-6-15-16-8(9)2/h3-4,6,14H,5H2,1-2H3,(H,15,16). The highest BCUT2D eigenvalue weighted by Crippen LogP contribution is 2.30. The van der Waals surface area contributed by atoms with Gasteiger partial charge in [-0.05, 0) is 35.8 Å². The van der Waals surface area contributed by atoms with Crippen LogP contribution in [0, 0.1) is 24.0 Å². The Balaban J connectivity index is 2.23. The van der Waals surface area contributed by atoms with Crippen molar-refractivity contribution in [3.8, 4) is 0 Å². The number of rotatable bonds is 4. The summed E-state index contributed by atoms with van der Waals surface area (Å²) in [6.07, 6.45) is 1.73. The molecule has 0 fully saturated rings. The molecule has 0 unspecified atom stereocenters. The van der Waals surface area contributed by atoms with Gasteiger partial charge in [-0.1, -0.05) is 0 Å². The number of nitro benzene ring substituents is 1. The highest BCUT2D eigenvalue weighted by atomic mass is 79.9. The molecule has 0 atom stereocenters. The third kappa shape index (κ3) is 2.93. The number of hydrogen-bond acceptors (Lipinski definition) is 4. The maximum atomic E-state index is 10.9. The Morgan fingerprint density at radius 3 is 2.79 bits per heavy atom. The summed E-state index contributed by atoms with van der Waals surface area (Å²) in [6, 6.07) is 3.28. The van der Waals surface area contributed by atoms with Gasteiger partial charge < -0.3 is 5.32 Å². The molecule has 1 aromatic heterocycles. The predicted octanol–water partition coefficient (Wildman–Crippen LogP) is 3.31. The quantitative estimate of drug-likeness (QED) is 0.667. The van der Waals surface area contributed by atoms with Gasteiger partial charge in [0.25, 0.3) is 5.69 Å². The van der Waals surface area contributed by atoms with E-state index in [-0.39, 0.29) is 10.6 Å². The van der Waals surface area contributed by atoms with Crippen molar-refractivity contribution >= 4 is 27.3 Å². The van der Waals surface area contributed by atoms with Crippen LogP contribution in [-0.4, -0.2) is 15.1 Å². The van der Waals surface area contributed by atoms with Gasteiger partial charge in [-0.3, -0.25) is 15.2 Å². The van der Waals surface area contributed by atoms with Gasteiger partial charge in [0.1, 0.15) is 0 Å². The van der Waals surface area contributed by atoms with Crippen molar-refractivity contribution in [3.63, 3.8) is 0 Å². The Bertz CT molecular complexity index is 624. The fourth-order valence-corrected chi connectivity index (χ4v) is 2.34. The van der Waals surface area contributed by atoms with E-state index in [9.17, 15) is 10.1 Å². The summed E-state index contributed by atoms with van der Waals surface area (Å²) in [5.41, 5.74) is 3.43. The fraction of sp³-hybridized carbons (Fsp3) is 0.250. The third-order valence-electron chi connectivity index (χ3n) is 2.89. The zero-order valence-electron chi connectivity index (χ0n) is 10.5. The van der Waals surface area contributed by atoms with Crippen molar-refractivity contribution in [1.82, 2.24) is 10.2 Å². The number of halogens is 1. The summed E-state index contributed by atoms with van der Waals surface area (Å²) in [7, 11) is 0. The first-order chi connectivity index (χ1) is 8.99. The van der Waals surface area contributed by atoms with Gasteiger partial charge in [0, 0.05) is 33.9 Å². The lowest BCUT2D eigenvalue weighted by Gasteiger charge is -2.09. The van der Waals surface area contributed by atoms with E-state index in [1.165, 1.54) is 6.07 Å². The van der Waals surface area contributed by atoms with Crippen molar-refractivity contribution in [2.24, 2.45) is 0 Å². The zero-order valence-corrected chi connectivity index (χ0v) is 12.1. The van der Waals surface area contributed by atoms with Gasteiger partial charge >= 0.3 is 0 Å². The normalized spacial score (nSPS) is 10.5. The van der Waals surface area contributed by atoms with Crippen LogP contribution in [0.1, 0.15) is 16.8 Å². The number of H-pyrrole nitrogens is 1. The number of nitrogens with one attached hydrogen (secondary N) is 2. The molecule has 0 amide bonds. The second kappa shape index (κ2) is 5.40. The highest BCUT2D eigenvalue weighted by Gasteiger charge is 2.14. The Hall–Kier alpha value is -1.89. The van der Waals surface area contributed by atoms with Crippen molar-refractivity contribution in [2.75, 3.05) is 5.32 Å². The van der Waals surface area contributed by atoms with E-state index in [4.69, 9.17) is 0 Å². The van der Waals surface area contributed by atoms with Crippen molar-refractivity contribution in [2.45, 2.75) is 20.4 Å². The summed E-state index contributed by atoms with van der Waals surface area (Å²) >= 11 is 3.40. The van der Waals surface area contributed by atoms with Gasteiger partial charge in [-0.15, -0.1) is 0 Å². The number of aromatic amines is 1. The lowest BCUT2D eigenvalue weighted by atomic mass is 10.2. The molecule has 19 heavy (non-hydrogen) atoms. The highest BCUT2D eigenvalue weighted by molar-refractivity contribution is 9.10. The van der Waals surface area contributed by atoms with E-state index in [0.717, 1.165) is 15.7 Å². The second-order valence-electron chi connectivity index (χ2n) is 4.25. The first kappa shape index (κ1) is 13.5. The van der Waals surface area contributed by atoms with Crippen LogP contribution in [0.3, 0.4) is 0 Å². The Morgan fingerprint density at radius 2 is 2.21 bits per heavy atom. The zero-order chi connectivity index (χ0) is 14.0. The molecule has 0 aliphatic carbocycles. The lowest BCUT2D eigenvalue weighted by molar-refractivity contribution is -0.385. The first-order valence-corrected chi connectivity index (χ1v) is 6.45. The van der Waals surface area contributed by atoms with Crippen LogP contribution in [0.2, 0.25) is 0 Å². The van der Waals surface area contributed by atoms with Crippen LogP contribution < -0.4 is 5.32 Å². The first-order valence-electron chi connectivity index (χ1n) is 5.66. The minimum absolute atomic E-state index is 0.106. The average molecular weight is 325 g/mol. The van der Waals surface area contributed by atoms with Gasteiger partial charge in [0.15, 0.2) is 0 Å². The molecule has 1 heterocycles. The van der Waals surface area contributed by atoms with Crippen LogP contribution in [-0.2, 0) is 6.54 Å². The van der Waals surface area contributed by atoms with Gasteiger partial charge in [-0.2, -0.15) is 5.10 Å². The molecule has 2 rings (SSSR count). The number of hydrogen-bond donors (Lipinski definition) is 2. The van der Waals surface area contributed by atoms with Crippen LogP contribution in [0.15, 0.2) is 22.8 Å². The van der Waals surface area contributed by atoms with E-state index in [1.54, 1.807) is 19.2 Å². The maximum Gasteiger partial charge on any atom is 0.274 e. The Labute approximate surface area is 118 Å². The second-order valence-corrected chi connectivity index (χ2v) is 5.10. The molecule has 1 aromatic carbocycles. The Morgan fingerprint density at radius 1 is 1.47 bits per heavy atom. The van der Waals surface area contributed by atoms with E-state index in [1.807, 2.05) is 6.92 Å². The van der Waals surface area contributed by atoms with E-state index in [0.29, 0.717) is 17.8 Å². The molecule has 0 spiro atoms. The van der Waals surface area contributed by atoms with Crippen LogP contribution in [0.5, 0.6) is 0 Å². The number of aryl methyl sites for hydroxylation is 2. The van der Waals surface area contributed by atoms with Crippen LogP contribution in [0.25, 0.3) is 0 Å². The molecule has 0 aliphatic rings. The number of anilines is 1. The average Bonchev–Trinajstić information content (AvgIpc) is 2.73. The van der Waals surface area contributed by atoms with Crippen molar-refractivity contribution in [1.29, 1.82) is 0 Å². The largest absolute Gasteiger partial charge is 0.380 e. The molecule has 2 aromatic rings. The smallest absolute Gasteiger partial charge is 0.274 e. The molecule has 0 aliphatic heterocycles. The van der Waals surface area contributed by atoms with Crippen LogP contribution >= 0.6 is 15.9 Å². The summed E-state index contributed by atoms with van der Waals surface area (Å²) in [4.78, 5) is 10.5. The molecule has 2 N–H and O–H groups in total. The van der Waals surface area contributed by atoms with Crippen molar-refractivity contribution in [3.05, 3.63) is 49.7 Å². The summed E-state index contributed by atoms with van der Waals surface area (Å²) < 4.78 is 0.803. The van der Waals surface area contributed by atoms with Gasteiger partial charge in [0.2, 0.25) is 0 Å². The molecular weight excluding hydrogens is 312 g/mol.